The van der Waals surface area contributed by atoms with E-state index in [1.165, 1.54) is 7.11 Å². The summed E-state index contributed by atoms with van der Waals surface area (Å²) in [5.74, 6) is 0.0262. The van der Waals surface area contributed by atoms with E-state index < -0.39 is 9.53 Å². The number of hydrogen-bond donors (Lipinski definition) is 0. The summed E-state index contributed by atoms with van der Waals surface area (Å²) in [7, 11) is -0.509. The number of Topliss-reactive ketones (excluding diaryl/α,β-unsaturated/α-hetero) is 1. The molecule has 6 heteroatoms. The Morgan fingerprint density at radius 3 is 2.20 bits per heavy atom. The van der Waals surface area contributed by atoms with Crippen LogP contribution in [-0.4, -0.2) is 48.8 Å². The van der Waals surface area contributed by atoms with Gasteiger partial charge in [-0.1, -0.05) is 0 Å². The van der Waals surface area contributed by atoms with Gasteiger partial charge < -0.3 is 18.0 Å². The molecule has 0 aliphatic rings. The van der Waals surface area contributed by atoms with Crippen molar-refractivity contribution in [2.75, 3.05) is 33.5 Å². The highest BCUT2D eigenvalue weighted by Gasteiger charge is 2.14. The molecule has 0 N–H and O–H groups in total. The third-order valence-electron chi connectivity index (χ3n) is 1.55. The molecule has 5 nitrogen and oxygen atoms in total. The van der Waals surface area contributed by atoms with E-state index >= 15 is 0 Å². The van der Waals surface area contributed by atoms with Crippen molar-refractivity contribution >= 4 is 15.3 Å². The highest BCUT2D eigenvalue weighted by Crippen LogP contribution is 1.95. The van der Waals surface area contributed by atoms with Gasteiger partial charge in [-0.3, -0.25) is 4.79 Å². The van der Waals surface area contributed by atoms with E-state index in [0.717, 1.165) is 0 Å². The molecule has 0 radical (unpaired) electrons. The molecular formula is C9H20O5Si. The molecule has 0 rings (SSSR count). The maximum atomic E-state index is 11.1. The smallest absolute Gasteiger partial charge is 0.377 e. The molecule has 0 saturated carbocycles. The van der Waals surface area contributed by atoms with Crippen LogP contribution in [0.2, 0.25) is 0 Å². The maximum Gasteiger partial charge on any atom is 0.484 e. The second-order valence-corrected chi connectivity index (χ2v) is 4.37. The molecular weight excluding hydrogens is 216 g/mol. The average Bonchev–Trinajstić information content (AvgIpc) is 2.19. The normalized spacial score (nSPS) is 10.9. The Balaban J connectivity index is 3.55. The minimum atomic E-state index is -2.01. The van der Waals surface area contributed by atoms with Gasteiger partial charge in [0.25, 0.3) is 0 Å². The molecule has 0 atom stereocenters. The van der Waals surface area contributed by atoms with Crippen LogP contribution in [-0.2, 0) is 22.8 Å². The van der Waals surface area contributed by atoms with E-state index in [4.69, 9.17) is 18.0 Å². The standard InChI is InChI=1S/C9H20O5Si/c1-4-12-15(13-5-2)14-7-6-9(10)8-11-3/h15H,4-8H2,1-3H3. The van der Waals surface area contributed by atoms with Crippen molar-refractivity contribution in [3.05, 3.63) is 0 Å². The molecule has 0 unspecified atom stereocenters. The first-order valence-electron chi connectivity index (χ1n) is 5.10. The SMILES string of the molecule is CCO[SiH](OCC)OCCC(=O)COC. The largest absolute Gasteiger partial charge is 0.484 e. The van der Waals surface area contributed by atoms with Crippen molar-refractivity contribution in [2.45, 2.75) is 20.3 Å². The van der Waals surface area contributed by atoms with Crippen LogP contribution in [0.3, 0.4) is 0 Å². The van der Waals surface area contributed by atoms with Crippen LogP contribution >= 0.6 is 0 Å². The number of hydrogen-bond acceptors (Lipinski definition) is 5. The summed E-state index contributed by atoms with van der Waals surface area (Å²) in [5, 5.41) is 0. The number of carbonyl (C=O) groups excluding carboxylic acids is 1. The zero-order chi connectivity index (χ0) is 11.5. The highest BCUT2D eigenvalue weighted by atomic mass is 28.3. The van der Waals surface area contributed by atoms with E-state index in [0.29, 0.717) is 26.2 Å². The minimum Gasteiger partial charge on any atom is -0.377 e. The van der Waals surface area contributed by atoms with E-state index in [1.807, 2.05) is 13.8 Å². The zero-order valence-electron chi connectivity index (χ0n) is 9.65. The number of ketones is 1. The Kier molecular flexibility index (Phi) is 10.1. The lowest BCUT2D eigenvalue weighted by Gasteiger charge is -2.14. The number of rotatable bonds is 10. The average molecular weight is 236 g/mol. The molecule has 0 spiro atoms. The summed E-state index contributed by atoms with van der Waals surface area (Å²) in [5.41, 5.74) is 0. The van der Waals surface area contributed by atoms with Crippen LogP contribution < -0.4 is 0 Å². The van der Waals surface area contributed by atoms with Gasteiger partial charge in [-0.25, -0.2) is 0 Å². The topological polar surface area (TPSA) is 54.0 Å². The lowest BCUT2D eigenvalue weighted by Crippen LogP contribution is -2.28. The van der Waals surface area contributed by atoms with Gasteiger partial charge in [0.15, 0.2) is 5.78 Å². The first-order valence-corrected chi connectivity index (χ1v) is 6.51. The summed E-state index contributed by atoms with van der Waals surface area (Å²) >= 11 is 0. The Morgan fingerprint density at radius 2 is 1.73 bits per heavy atom. The highest BCUT2D eigenvalue weighted by molar-refractivity contribution is 6.36. The lowest BCUT2D eigenvalue weighted by molar-refractivity contribution is -0.123. The van der Waals surface area contributed by atoms with Crippen molar-refractivity contribution in [1.82, 2.24) is 0 Å². The van der Waals surface area contributed by atoms with Crippen LogP contribution in [0.15, 0.2) is 0 Å². The molecule has 90 valence electrons. The molecule has 0 saturated heterocycles. The second kappa shape index (κ2) is 10.3. The van der Waals surface area contributed by atoms with Crippen molar-refractivity contribution in [2.24, 2.45) is 0 Å². The van der Waals surface area contributed by atoms with E-state index in [2.05, 4.69) is 0 Å². The van der Waals surface area contributed by atoms with Gasteiger partial charge in [-0.15, -0.1) is 0 Å². The third kappa shape index (κ3) is 8.70. The quantitative estimate of drug-likeness (QED) is 0.514. The van der Waals surface area contributed by atoms with Gasteiger partial charge in [-0.2, -0.15) is 0 Å². The fourth-order valence-corrected chi connectivity index (χ4v) is 2.06. The molecule has 0 bridgehead atoms. The second-order valence-electron chi connectivity index (χ2n) is 2.79. The fraction of sp³-hybridized carbons (Fsp3) is 0.889. The number of methoxy groups -OCH3 is 1. The van der Waals surface area contributed by atoms with Crippen LogP contribution in [0.4, 0.5) is 0 Å². The summed E-state index contributed by atoms with van der Waals surface area (Å²) in [4.78, 5) is 11.1. The first-order chi connectivity index (χ1) is 7.24. The Labute approximate surface area is 92.6 Å². The molecule has 0 fully saturated rings. The van der Waals surface area contributed by atoms with E-state index in [1.54, 1.807) is 0 Å². The predicted octanol–water partition coefficient (Wildman–Crippen LogP) is 0.399. The molecule has 15 heavy (non-hydrogen) atoms. The summed E-state index contributed by atoms with van der Waals surface area (Å²) < 4.78 is 20.6. The maximum absolute atomic E-state index is 11.1. The predicted molar refractivity (Wildman–Crippen MR) is 57.9 cm³/mol. The van der Waals surface area contributed by atoms with Crippen molar-refractivity contribution < 1.29 is 22.8 Å². The minimum absolute atomic E-state index is 0.0262. The van der Waals surface area contributed by atoms with Gasteiger partial charge >= 0.3 is 9.53 Å². The Hall–Kier alpha value is -0.273. The monoisotopic (exact) mass is 236 g/mol. The Bertz CT molecular complexity index is 159. The van der Waals surface area contributed by atoms with Gasteiger partial charge in [0, 0.05) is 33.4 Å². The van der Waals surface area contributed by atoms with Crippen LogP contribution in [0.25, 0.3) is 0 Å². The molecule has 0 aromatic carbocycles. The van der Waals surface area contributed by atoms with E-state index in [-0.39, 0.29) is 12.4 Å². The first kappa shape index (κ1) is 14.7. The summed E-state index contributed by atoms with van der Waals surface area (Å²) in [6, 6.07) is 0. The summed E-state index contributed by atoms with van der Waals surface area (Å²) in [6.45, 7) is 5.40. The third-order valence-corrected chi connectivity index (χ3v) is 3.26. The van der Waals surface area contributed by atoms with Crippen molar-refractivity contribution in [3.63, 3.8) is 0 Å². The van der Waals surface area contributed by atoms with Gasteiger partial charge in [-0.05, 0) is 13.8 Å². The van der Waals surface area contributed by atoms with Gasteiger partial charge in [0.2, 0.25) is 0 Å². The van der Waals surface area contributed by atoms with Crippen LogP contribution in [0, 0.1) is 0 Å². The van der Waals surface area contributed by atoms with Crippen molar-refractivity contribution in [3.8, 4) is 0 Å². The van der Waals surface area contributed by atoms with Crippen LogP contribution in [0.1, 0.15) is 20.3 Å². The summed E-state index contributed by atoms with van der Waals surface area (Å²) in [6.07, 6.45) is 0.345. The lowest BCUT2D eigenvalue weighted by atomic mass is 10.3. The van der Waals surface area contributed by atoms with Crippen molar-refractivity contribution in [1.29, 1.82) is 0 Å². The van der Waals surface area contributed by atoms with E-state index in [9.17, 15) is 4.79 Å². The Morgan fingerprint density at radius 1 is 1.13 bits per heavy atom. The number of ether oxygens (including phenoxy) is 1. The van der Waals surface area contributed by atoms with Crippen LogP contribution in [0.5, 0.6) is 0 Å². The zero-order valence-corrected chi connectivity index (χ0v) is 10.8. The molecule has 0 amide bonds. The molecule has 0 aliphatic heterocycles. The molecule has 0 aliphatic carbocycles. The fourth-order valence-electron chi connectivity index (χ4n) is 0.919. The molecule has 0 heterocycles. The molecule has 0 aromatic rings. The number of carbonyl (C=O) groups is 1. The van der Waals surface area contributed by atoms with Gasteiger partial charge in [0.1, 0.15) is 6.61 Å². The van der Waals surface area contributed by atoms with Gasteiger partial charge in [0.05, 0.1) is 0 Å². The molecule has 0 aromatic heterocycles.